The third-order valence-electron chi connectivity index (χ3n) is 2.25. The lowest BCUT2D eigenvalue weighted by Crippen LogP contribution is -1.96. The molecule has 0 radical (unpaired) electrons. The zero-order chi connectivity index (χ0) is 10.8. The minimum absolute atomic E-state index is 0.633. The Labute approximate surface area is 92.6 Å². The van der Waals surface area contributed by atoms with Gasteiger partial charge < -0.3 is 4.98 Å². The molecule has 0 unspecified atom stereocenters. The Morgan fingerprint density at radius 2 is 2.27 bits per heavy atom. The van der Waals surface area contributed by atoms with Crippen molar-refractivity contribution < 1.29 is 0 Å². The van der Waals surface area contributed by atoms with E-state index in [1.54, 1.807) is 12.3 Å². The van der Waals surface area contributed by atoms with Crippen molar-refractivity contribution in [3.63, 3.8) is 0 Å². The molecule has 3 nitrogen and oxygen atoms in total. The van der Waals surface area contributed by atoms with E-state index in [1.165, 1.54) is 0 Å². The fraction of sp³-hybridized carbons (Fsp3) is 0.0909. The van der Waals surface area contributed by atoms with E-state index in [9.17, 15) is 0 Å². The highest BCUT2D eigenvalue weighted by Crippen LogP contribution is 2.15. The number of hydrogen-bond donors (Lipinski definition) is 1. The Morgan fingerprint density at radius 1 is 1.47 bits per heavy atom. The van der Waals surface area contributed by atoms with Crippen LogP contribution in [0.5, 0.6) is 0 Å². The van der Waals surface area contributed by atoms with Gasteiger partial charge in [-0.25, -0.2) is 0 Å². The Bertz CT molecular complexity index is 586. The monoisotopic (exact) mass is 215 g/mol. The number of nitriles is 1. The van der Waals surface area contributed by atoms with E-state index < -0.39 is 0 Å². The van der Waals surface area contributed by atoms with E-state index >= 15 is 0 Å². The molecule has 0 bridgehead atoms. The van der Waals surface area contributed by atoms with Gasteiger partial charge in [-0.05, 0) is 36.8 Å². The van der Waals surface area contributed by atoms with Crippen molar-refractivity contribution in [2.45, 2.75) is 6.92 Å². The average molecular weight is 215 g/mol. The van der Waals surface area contributed by atoms with Crippen LogP contribution in [0.25, 0.3) is 5.69 Å². The van der Waals surface area contributed by atoms with Crippen molar-refractivity contribution in [3.8, 4) is 11.8 Å². The van der Waals surface area contributed by atoms with Gasteiger partial charge in [0.25, 0.3) is 0 Å². The van der Waals surface area contributed by atoms with Crippen LogP contribution in [-0.2, 0) is 0 Å². The summed E-state index contributed by atoms with van der Waals surface area (Å²) in [5.74, 6) is 0. The van der Waals surface area contributed by atoms with Gasteiger partial charge in [0, 0.05) is 12.4 Å². The van der Waals surface area contributed by atoms with E-state index in [1.807, 2.05) is 29.8 Å². The largest absolute Gasteiger partial charge is 0.337 e. The van der Waals surface area contributed by atoms with Crippen molar-refractivity contribution in [2.75, 3.05) is 0 Å². The summed E-state index contributed by atoms with van der Waals surface area (Å²) in [7, 11) is 0. The summed E-state index contributed by atoms with van der Waals surface area (Å²) in [6.45, 7) is 1.99. The van der Waals surface area contributed by atoms with E-state index in [-0.39, 0.29) is 0 Å². The molecule has 0 atom stereocenters. The Kier molecular flexibility index (Phi) is 2.40. The molecule has 1 aromatic heterocycles. The van der Waals surface area contributed by atoms with Crippen LogP contribution in [0, 0.1) is 23.0 Å². The first kappa shape index (κ1) is 9.69. The Balaban J connectivity index is 2.68. The highest BCUT2D eigenvalue weighted by Gasteiger charge is 2.03. The first-order valence-electron chi connectivity index (χ1n) is 4.49. The second-order valence-electron chi connectivity index (χ2n) is 3.25. The number of benzene rings is 1. The summed E-state index contributed by atoms with van der Waals surface area (Å²) in [6.07, 6.45) is 3.63. The molecule has 1 N–H and O–H groups in total. The molecule has 15 heavy (non-hydrogen) atoms. The smallest absolute Gasteiger partial charge is 0.181 e. The van der Waals surface area contributed by atoms with Crippen LogP contribution < -0.4 is 0 Å². The maximum Gasteiger partial charge on any atom is 0.181 e. The fourth-order valence-electron chi connectivity index (χ4n) is 1.45. The number of aromatic amines is 1. The van der Waals surface area contributed by atoms with Crippen molar-refractivity contribution in [1.29, 1.82) is 5.26 Å². The molecule has 0 saturated carbocycles. The molecule has 1 heterocycles. The number of nitrogens with zero attached hydrogens (tertiary/aromatic N) is 2. The molecule has 4 heteroatoms. The number of aryl methyl sites for hydroxylation is 1. The summed E-state index contributed by atoms with van der Waals surface area (Å²) in [6, 6.07) is 7.67. The summed E-state index contributed by atoms with van der Waals surface area (Å²) >= 11 is 5.13. The van der Waals surface area contributed by atoms with Gasteiger partial charge >= 0.3 is 0 Å². The van der Waals surface area contributed by atoms with Crippen molar-refractivity contribution in [2.24, 2.45) is 0 Å². The first-order chi connectivity index (χ1) is 7.22. The quantitative estimate of drug-likeness (QED) is 0.743. The van der Waals surface area contributed by atoms with Crippen LogP contribution in [0.2, 0.25) is 0 Å². The van der Waals surface area contributed by atoms with Gasteiger partial charge in [0.05, 0.1) is 17.3 Å². The van der Waals surface area contributed by atoms with Gasteiger partial charge in [0.2, 0.25) is 0 Å². The summed E-state index contributed by atoms with van der Waals surface area (Å²) in [4.78, 5) is 2.93. The second kappa shape index (κ2) is 3.71. The van der Waals surface area contributed by atoms with Gasteiger partial charge in [-0.3, -0.25) is 4.57 Å². The predicted molar refractivity (Wildman–Crippen MR) is 60.4 cm³/mol. The average Bonchev–Trinajstić information content (AvgIpc) is 2.65. The van der Waals surface area contributed by atoms with E-state index in [2.05, 4.69) is 11.1 Å². The maximum absolute atomic E-state index is 8.83. The summed E-state index contributed by atoms with van der Waals surface area (Å²) < 4.78 is 2.49. The third-order valence-corrected chi connectivity index (χ3v) is 2.56. The topological polar surface area (TPSA) is 44.5 Å². The third kappa shape index (κ3) is 1.69. The van der Waals surface area contributed by atoms with Crippen molar-refractivity contribution in [1.82, 2.24) is 9.55 Å². The molecule has 0 aliphatic carbocycles. The van der Waals surface area contributed by atoms with Gasteiger partial charge in [-0.15, -0.1) is 0 Å². The number of imidazole rings is 1. The SMILES string of the molecule is Cc1ccc(C#N)cc1-n1cc[nH]c1=S. The Hall–Kier alpha value is -1.86. The molecule has 1 aromatic carbocycles. The number of hydrogen-bond acceptors (Lipinski definition) is 2. The van der Waals surface area contributed by atoms with Gasteiger partial charge in [0.1, 0.15) is 0 Å². The normalized spacial score (nSPS) is 9.87. The van der Waals surface area contributed by atoms with Crippen molar-refractivity contribution in [3.05, 3.63) is 46.5 Å². The standard InChI is InChI=1S/C11H9N3S/c1-8-2-3-9(7-12)6-10(8)14-5-4-13-11(14)15/h2-6H,1H3,(H,13,15). The van der Waals surface area contributed by atoms with Crippen LogP contribution in [0.1, 0.15) is 11.1 Å². The highest BCUT2D eigenvalue weighted by atomic mass is 32.1. The van der Waals surface area contributed by atoms with Gasteiger partial charge in [0.15, 0.2) is 4.77 Å². The van der Waals surface area contributed by atoms with E-state index in [0.717, 1.165) is 11.3 Å². The minimum Gasteiger partial charge on any atom is -0.337 e. The van der Waals surface area contributed by atoms with Crippen LogP contribution in [-0.4, -0.2) is 9.55 Å². The van der Waals surface area contributed by atoms with E-state index in [4.69, 9.17) is 17.5 Å². The lowest BCUT2D eigenvalue weighted by Gasteiger charge is -2.06. The first-order valence-corrected chi connectivity index (χ1v) is 4.90. The number of H-pyrrole nitrogens is 1. The highest BCUT2D eigenvalue weighted by molar-refractivity contribution is 7.71. The predicted octanol–water partition coefficient (Wildman–Crippen LogP) is 2.71. The fourth-order valence-corrected chi connectivity index (χ4v) is 1.68. The lowest BCUT2D eigenvalue weighted by atomic mass is 10.1. The van der Waals surface area contributed by atoms with Crippen LogP contribution in [0.15, 0.2) is 30.6 Å². The lowest BCUT2D eigenvalue weighted by molar-refractivity contribution is 1.02. The molecule has 74 valence electrons. The van der Waals surface area contributed by atoms with Crippen LogP contribution in [0.4, 0.5) is 0 Å². The molecule has 0 amide bonds. The molecular weight excluding hydrogens is 206 g/mol. The molecule has 2 aromatic rings. The molecule has 0 fully saturated rings. The molecule has 0 aliphatic rings. The van der Waals surface area contributed by atoms with Crippen LogP contribution in [0.3, 0.4) is 0 Å². The number of nitrogens with one attached hydrogen (secondary N) is 1. The second-order valence-corrected chi connectivity index (χ2v) is 3.63. The Morgan fingerprint density at radius 3 is 2.87 bits per heavy atom. The summed E-state index contributed by atoms with van der Waals surface area (Å²) in [5, 5.41) is 8.83. The molecule has 2 rings (SSSR count). The maximum atomic E-state index is 8.83. The molecule has 0 spiro atoms. The van der Waals surface area contributed by atoms with Gasteiger partial charge in [-0.2, -0.15) is 5.26 Å². The molecule has 0 aliphatic heterocycles. The zero-order valence-electron chi connectivity index (χ0n) is 8.19. The number of rotatable bonds is 1. The molecular formula is C11H9N3S. The minimum atomic E-state index is 0.633. The zero-order valence-corrected chi connectivity index (χ0v) is 9.01. The van der Waals surface area contributed by atoms with Gasteiger partial charge in [-0.1, -0.05) is 6.07 Å². The summed E-state index contributed by atoms with van der Waals surface area (Å²) in [5.41, 5.74) is 2.67. The van der Waals surface area contributed by atoms with E-state index in [0.29, 0.717) is 10.3 Å². The van der Waals surface area contributed by atoms with Crippen LogP contribution >= 0.6 is 12.2 Å². The van der Waals surface area contributed by atoms with Crippen molar-refractivity contribution >= 4 is 12.2 Å². The number of aromatic nitrogens is 2. The molecule has 0 saturated heterocycles.